The summed E-state index contributed by atoms with van der Waals surface area (Å²) in [5, 5.41) is 42.3. The summed E-state index contributed by atoms with van der Waals surface area (Å²) in [7, 11) is -1.93. The molecule has 0 unspecified atom stereocenters. The van der Waals surface area contributed by atoms with Crippen molar-refractivity contribution in [3.05, 3.63) is 81.7 Å². The van der Waals surface area contributed by atoms with E-state index in [4.69, 9.17) is 10.0 Å². The number of halogens is 1. The Labute approximate surface area is 185 Å². The molecular weight excluding hydrogens is 436 g/mol. The van der Waals surface area contributed by atoms with Crippen molar-refractivity contribution in [2.24, 2.45) is 0 Å². The maximum atomic E-state index is 13.9. The first-order valence-corrected chi connectivity index (χ1v) is 9.53. The monoisotopic (exact) mass is 451 g/mol. The van der Waals surface area contributed by atoms with Crippen molar-refractivity contribution < 1.29 is 28.8 Å². The fraction of sp³-hybridized carbons (Fsp3) is 0.0500. The molecule has 1 heterocycles. The number of nitrogens with one attached hydrogen (secondary N) is 2. The van der Waals surface area contributed by atoms with Gasteiger partial charge in [-0.2, -0.15) is 0 Å². The molecule has 1 aromatic heterocycles. The number of rotatable bonds is 7. The number of amides is 1. The van der Waals surface area contributed by atoms with Crippen LogP contribution in [0.5, 0.6) is 0 Å². The van der Waals surface area contributed by atoms with Crippen LogP contribution in [0.3, 0.4) is 0 Å². The molecule has 0 saturated carbocycles. The van der Waals surface area contributed by atoms with E-state index in [9.17, 15) is 19.3 Å². The first kappa shape index (κ1) is 21.9. The van der Waals surface area contributed by atoms with E-state index in [0.29, 0.717) is 16.9 Å². The van der Waals surface area contributed by atoms with Crippen LogP contribution in [0.1, 0.15) is 15.9 Å². The number of nitrogens with zero attached hydrogens (tertiary/aromatic N) is 3. The fourth-order valence-corrected chi connectivity index (χ4v) is 3.20. The average molecular weight is 451 g/mol. The molecule has 0 radical (unpaired) electrons. The molecule has 33 heavy (non-hydrogen) atoms. The van der Waals surface area contributed by atoms with E-state index >= 15 is 0 Å². The molecule has 0 aliphatic heterocycles. The second kappa shape index (κ2) is 9.02. The van der Waals surface area contributed by atoms with Crippen LogP contribution < -0.4 is 16.1 Å². The molecule has 0 spiro atoms. The smallest absolute Gasteiger partial charge is 0.423 e. The predicted molar refractivity (Wildman–Crippen MR) is 116 cm³/mol. The van der Waals surface area contributed by atoms with Gasteiger partial charge in [-0.25, -0.2) is 9.02 Å². The van der Waals surface area contributed by atoms with E-state index in [1.54, 1.807) is 24.3 Å². The first-order chi connectivity index (χ1) is 15.8. The van der Waals surface area contributed by atoms with Crippen LogP contribution in [-0.2, 0) is 6.54 Å². The van der Waals surface area contributed by atoms with Crippen LogP contribution in [0.2, 0.25) is 0 Å². The number of nitro groups is 1. The zero-order valence-corrected chi connectivity index (χ0v) is 16.7. The molecule has 0 aliphatic carbocycles. The number of aromatic nitrogens is 2. The van der Waals surface area contributed by atoms with E-state index in [-0.39, 0.29) is 34.3 Å². The molecule has 0 atom stereocenters. The van der Waals surface area contributed by atoms with Gasteiger partial charge in [0.1, 0.15) is 5.82 Å². The van der Waals surface area contributed by atoms with Gasteiger partial charge in [0, 0.05) is 18.1 Å². The highest BCUT2D eigenvalue weighted by Crippen LogP contribution is 2.31. The summed E-state index contributed by atoms with van der Waals surface area (Å²) in [5.41, 5.74) is 0.956. The molecule has 4 aromatic rings. The fourth-order valence-electron chi connectivity index (χ4n) is 3.20. The highest BCUT2D eigenvalue weighted by Gasteiger charge is 2.21. The zero-order valence-electron chi connectivity index (χ0n) is 16.7. The van der Waals surface area contributed by atoms with Crippen LogP contribution in [0.15, 0.2) is 59.2 Å². The Morgan fingerprint density at radius 3 is 2.58 bits per heavy atom. The molecule has 166 valence electrons. The lowest BCUT2D eigenvalue weighted by Gasteiger charge is -2.13. The number of para-hydroxylation sites is 1. The molecule has 11 nitrogen and oxygen atoms in total. The van der Waals surface area contributed by atoms with Crippen LogP contribution in [0.4, 0.5) is 21.5 Å². The minimum Gasteiger partial charge on any atom is -0.423 e. The summed E-state index contributed by atoms with van der Waals surface area (Å²) in [5.74, 6) is -1.27. The molecule has 4 rings (SSSR count). The largest absolute Gasteiger partial charge is 0.491 e. The maximum Gasteiger partial charge on any atom is 0.491 e. The minimum atomic E-state index is -1.93. The summed E-state index contributed by atoms with van der Waals surface area (Å²) < 4.78 is 18.6. The lowest BCUT2D eigenvalue weighted by molar-refractivity contribution is -0.383. The predicted octanol–water partition coefficient (Wildman–Crippen LogP) is 1.62. The number of hydrogen-bond acceptors (Lipinski definition) is 9. The second-order valence-electron chi connectivity index (χ2n) is 6.93. The SMILES string of the molecule is O=C(NCc1ccc(B(O)O)c(F)c1)c1ccccc1Nc1ccc([N+](=O)[O-])c2nonc12. The highest BCUT2D eigenvalue weighted by atomic mass is 19.1. The Balaban J connectivity index is 1.55. The Hall–Kier alpha value is -4.36. The standard InChI is InChI=1S/C20H15BFN5O6/c22-14-9-11(5-6-13(14)21(29)30)10-23-20(28)12-3-1-2-4-15(12)24-16-7-8-17(27(31)32)19-18(16)25-33-26-19/h1-9,24,29-30H,10H2,(H,23,28). The summed E-state index contributed by atoms with van der Waals surface area (Å²) in [4.78, 5) is 23.3. The molecule has 0 aliphatic rings. The maximum absolute atomic E-state index is 13.9. The van der Waals surface area contributed by atoms with Gasteiger partial charge in [0.15, 0.2) is 5.52 Å². The Bertz CT molecular complexity index is 1360. The van der Waals surface area contributed by atoms with Gasteiger partial charge < -0.3 is 20.7 Å². The number of hydrogen-bond donors (Lipinski definition) is 4. The molecule has 0 saturated heterocycles. The summed E-state index contributed by atoms with van der Waals surface area (Å²) in [6.07, 6.45) is 0. The van der Waals surface area contributed by atoms with Gasteiger partial charge >= 0.3 is 12.8 Å². The minimum absolute atomic E-state index is 0.0130. The van der Waals surface area contributed by atoms with Crippen LogP contribution >= 0.6 is 0 Å². The van der Waals surface area contributed by atoms with Crippen molar-refractivity contribution in [2.45, 2.75) is 6.54 Å². The third kappa shape index (κ3) is 4.49. The summed E-state index contributed by atoms with van der Waals surface area (Å²) in [6.45, 7) is -0.0130. The van der Waals surface area contributed by atoms with Gasteiger partial charge in [-0.3, -0.25) is 14.9 Å². The molecule has 0 bridgehead atoms. The van der Waals surface area contributed by atoms with Gasteiger partial charge in [0.2, 0.25) is 5.52 Å². The number of non-ortho nitro benzene ring substituents is 1. The van der Waals surface area contributed by atoms with Crippen LogP contribution in [-0.4, -0.2) is 38.3 Å². The van der Waals surface area contributed by atoms with E-state index in [0.717, 1.165) is 6.07 Å². The number of carbonyl (C=O) groups excluding carboxylic acids is 1. The molecule has 4 N–H and O–H groups in total. The Morgan fingerprint density at radius 1 is 1.09 bits per heavy atom. The number of benzene rings is 3. The van der Waals surface area contributed by atoms with E-state index < -0.39 is 23.8 Å². The lowest BCUT2D eigenvalue weighted by atomic mass is 9.79. The van der Waals surface area contributed by atoms with E-state index in [1.807, 2.05) is 0 Å². The third-order valence-corrected chi connectivity index (χ3v) is 4.83. The van der Waals surface area contributed by atoms with Crippen molar-refractivity contribution in [2.75, 3.05) is 5.32 Å². The Morgan fingerprint density at radius 2 is 1.85 bits per heavy atom. The third-order valence-electron chi connectivity index (χ3n) is 4.83. The average Bonchev–Trinajstić information content (AvgIpc) is 3.28. The van der Waals surface area contributed by atoms with Crippen molar-refractivity contribution >= 4 is 46.6 Å². The number of nitro benzene ring substituents is 1. The van der Waals surface area contributed by atoms with Crippen molar-refractivity contribution in [3.63, 3.8) is 0 Å². The number of fused-ring (bicyclic) bond motifs is 1. The molecular formula is C20H15BFN5O6. The zero-order chi connectivity index (χ0) is 23.5. The second-order valence-corrected chi connectivity index (χ2v) is 6.93. The van der Waals surface area contributed by atoms with Crippen molar-refractivity contribution in [3.8, 4) is 0 Å². The highest BCUT2D eigenvalue weighted by molar-refractivity contribution is 6.58. The van der Waals surface area contributed by atoms with Gasteiger partial charge in [-0.05, 0) is 40.1 Å². The van der Waals surface area contributed by atoms with Crippen LogP contribution in [0, 0.1) is 15.9 Å². The van der Waals surface area contributed by atoms with Gasteiger partial charge in [-0.15, -0.1) is 0 Å². The van der Waals surface area contributed by atoms with E-state index in [2.05, 4.69) is 25.6 Å². The topological polar surface area (TPSA) is 164 Å². The quantitative estimate of drug-likeness (QED) is 0.186. The lowest BCUT2D eigenvalue weighted by Crippen LogP contribution is -2.33. The van der Waals surface area contributed by atoms with Gasteiger partial charge in [0.25, 0.3) is 5.91 Å². The van der Waals surface area contributed by atoms with Crippen molar-refractivity contribution in [1.29, 1.82) is 0 Å². The first-order valence-electron chi connectivity index (χ1n) is 9.53. The van der Waals surface area contributed by atoms with Gasteiger partial charge in [0.05, 0.1) is 21.9 Å². The normalized spacial score (nSPS) is 10.8. The summed E-state index contributed by atoms with van der Waals surface area (Å²) >= 11 is 0. The Kier molecular flexibility index (Phi) is 5.98. The van der Waals surface area contributed by atoms with Crippen LogP contribution in [0.25, 0.3) is 11.0 Å². The number of anilines is 2. The summed E-state index contributed by atoms with van der Waals surface area (Å²) in [6, 6.07) is 13.0. The molecule has 13 heteroatoms. The molecule has 3 aromatic carbocycles. The van der Waals surface area contributed by atoms with E-state index in [1.165, 1.54) is 24.3 Å². The van der Waals surface area contributed by atoms with Gasteiger partial charge in [-0.1, -0.05) is 24.3 Å². The number of carbonyl (C=O) groups is 1. The molecule has 1 amide bonds. The molecule has 0 fully saturated rings. The van der Waals surface area contributed by atoms with Crippen molar-refractivity contribution in [1.82, 2.24) is 15.6 Å².